The Hall–Kier alpha value is -2.00. The number of aromatic hydroxyl groups is 1. The Balaban J connectivity index is 2.26. The second kappa shape index (κ2) is 5.76. The number of halogens is 1. The maximum absolute atomic E-state index is 11.4. The van der Waals surface area contributed by atoms with Crippen LogP contribution in [0.25, 0.3) is 0 Å². The van der Waals surface area contributed by atoms with Crippen LogP contribution in [0.2, 0.25) is 5.02 Å². The number of rotatable bonds is 4. The molecule has 0 bridgehead atoms. The van der Waals surface area contributed by atoms with Gasteiger partial charge in [-0.2, -0.15) is 0 Å². The standard InChI is InChI=1S/C15H13ClO3/c16-12-6-4-10(5-7-12)8-14(15(18)19)11-2-1-3-13(17)9-11/h1-7,9,14,17H,8H2,(H,18,19). The lowest BCUT2D eigenvalue weighted by molar-refractivity contribution is -0.138. The molecule has 2 N–H and O–H groups in total. The zero-order valence-corrected chi connectivity index (χ0v) is 10.8. The van der Waals surface area contributed by atoms with Crippen LogP contribution in [0.1, 0.15) is 17.0 Å². The van der Waals surface area contributed by atoms with Crippen molar-refractivity contribution >= 4 is 17.6 Å². The first-order valence-electron chi connectivity index (χ1n) is 5.82. The molecule has 1 atom stereocenters. The Morgan fingerprint density at radius 3 is 2.42 bits per heavy atom. The predicted molar refractivity (Wildman–Crippen MR) is 73.6 cm³/mol. The van der Waals surface area contributed by atoms with Crippen molar-refractivity contribution in [3.63, 3.8) is 0 Å². The molecule has 0 aliphatic rings. The summed E-state index contributed by atoms with van der Waals surface area (Å²) in [7, 11) is 0. The minimum absolute atomic E-state index is 0.0693. The lowest BCUT2D eigenvalue weighted by atomic mass is 9.92. The Labute approximate surface area is 116 Å². The van der Waals surface area contributed by atoms with Crippen LogP contribution in [0.4, 0.5) is 0 Å². The molecule has 0 radical (unpaired) electrons. The van der Waals surface area contributed by atoms with Gasteiger partial charge in [0.1, 0.15) is 5.75 Å². The molecule has 0 aliphatic heterocycles. The summed E-state index contributed by atoms with van der Waals surface area (Å²) in [6.07, 6.45) is 0.357. The number of carboxylic acid groups (broad SMARTS) is 1. The van der Waals surface area contributed by atoms with Crippen LogP contribution in [0.15, 0.2) is 48.5 Å². The molecule has 19 heavy (non-hydrogen) atoms. The third-order valence-corrected chi connectivity index (χ3v) is 3.18. The molecule has 0 spiro atoms. The fourth-order valence-electron chi connectivity index (χ4n) is 1.95. The highest BCUT2D eigenvalue weighted by atomic mass is 35.5. The van der Waals surface area contributed by atoms with Crippen molar-refractivity contribution < 1.29 is 15.0 Å². The summed E-state index contributed by atoms with van der Waals surface area (Å²) < 4.78 is 0. The molecule has 0 aromatic heterocycles. The van der Waals surface area contributed by atoms with Gasteiger partial charge in [0.15, 0.2) is 0 Å². The molecule has 4 heteroatoms. The van der Waals surface area contributed by atoms with Gasteiger partial charge in [-0.3, -0.25) is 4.79 Å². The smallest absolute Gasteiger partial charge is 0.311 e. The molecule has 0 heterocycles. The van der Waals surface area contributed by atoms with Gasteiger partial charge in [0.2, 0.25) is 0 Å². The van der Waals surface area contributed by atoms with Crippen LogP contribution < -0.4 is 0 Å². The number of carbonyl (C=O) groups is 1. The molecule has 0 fully saturated rings. The van der Waals surface area contributed by atoms with Crippen molar-refractivity contribution in [1.82, 2.24) is 0 Å². The van der Waals surface area contributed by atoms with E-state index in [1.54, 1.807) is 36.4 Å². The first-order valence-corrected chi connectivity index (χ1v) is 6.20. The van der Waals surface area contributed by atoms with Crippen LogP contribution >= 0.6 is 11.6 Å². The number of carboxylic acids is 1. The van der Waals surface area contributed by atoms with Crippen LogP contribution in [0.5, 0.6) is 5.75 Å². The van der Waals surface area contributed by atoms with E-state index in [0.29, 0.717) is 17.0 Å². The molecule has 1 unspecified atom stereocenters. The van der Waals surface area contributed by atoms with Crippen LogP contribution in [0, 0.1) is 0 Å². The largest absolute Gasteiger partial charge is 0.508 e. The summed E-state index contributed by atoms with van der Waals surface area (Å²) in [5, 5.41) is 19.4. The van der Waals surface area contributed by atoms with Gasteiger partial charge < -0.3 is 10.2 Å². The van der Waals surface area contributed by atoms with E-state index in [9.17, 15) is 15.0 Å². The molecule has 2 aromatic carbocycles. The summed E-state index contributed by atoms with van der Waals surface area (Å²) in [6, 6.07) is 13.4. The highest BCUT2D eigenvalue weighted by molar-refractivity contribution is 6.30. The number of benzene rings is 2. The maximum Gasteiger partial charge on any atom is 0.311 e. The van der Waals surface area contributed by atoms with Gasteiger partial charge in [-0.1, -0.05) is 35.9 Å². The average Bonchev–Trinajstić information content (AvgIpc) is 2.37. The molecule has 2 rings (SSSR count). The van der Waals surface area contributed by atoms with E-state index < -0.39 is 11.9 Å². The highest BCUT2D eigenvalue weighted by Crippen LogP contribution is 2.25. The number of hydrogen-bond acceptors (Lipinski definition) is 2. The first-order chi connectivity index (χ1) is 9.06. The van der Waals surface area contributed by atoms with Crippen molar-refractivity contribution in [3.8, 4) is 5.75 Å². The van der Waals surface area contributed by atoms with Crippen molar-refractivity contribution in [2.45, 2.75) is 12.3 Å². The zero-order chi connectivity index (χ0) is 13.8. The quantitative estimate of drug-likeness (QED) is 0.899. The molecule has 0 aliphatic carbocycles. The number of aliphatic carboxylic acids is 1. The minimum Gasteiger partial charge on any atom is -0.508 e. The third kappa shape index (κ3) is 3.48. The molecular weight excluding hydrogens is 264 g/mol. The van der Waals surface area contributed by atoms with Gasteiger partial charge in [0, 0.05) is 5.02 Å². The van der Waals surface area contributed by atoms with Crippen LogP contribution in [-0.4, -0.2) is 16.2 Å². The summed E-state index contributed by atoms with van der Waals surface area (Å²) >= 11 is 5.80. The Bertz CT molecular complexity index is 578. The van der Waals surface area contributed by atoms with Gasteiger partial charge in [0.25, 0.3) is 0 Å². The summed E-state index contributed by atoms with van der Waals surface area (Å²) in [4.78, 5) is 11.4. The molecule has 0 amide bonds. The second-order valence-corrected chi connectivity index (χ2v) is 4.75. The van der Waals surface area contributed by atoms with Crippen molar-refractivity contribution in [2.75, 3.05) is 0 Å². The van der Waals surface area contributed by atoms with Crippen molar-refractivity contribution in [1.29, 1.82) is 0 Å². The average molecular weight is 277 g/mol. The fourth-order valence-corrected chi connectivity index (χ4v) is 2.07. The molecular formula is C15H13ClO3. The molecule has 3 nitrogen and oxygen atoms in total. The molecule has 2 aromatic rings. The van der Waals surface area contributed by atoms with E-state index in [0.717, 1.165) is 5.56 Å². The lowest BCUT2D eigenvalue weighted by Crippen LogP contribution is -2.14. The SMILES string of the molecule is O=C(O)C(Cc1ccc(Cl)cc1)c1cccc(O)c1. The fraction of sp³-hybridized carbons (Fsp3) is 0.133. The van der Waals surface area contributed by atoms with E-state index in [1.165, 1.54) is 12.1 Å². The van der Waals surface area contributed by atoms with E-state index in [1.807, 2.05) is 0 Å². The topological polar surface area (TPSA) is 57.5 Å². The van der Waals surface area contributed by atoms with Crippen LogP contribution in [-0.2, 0) is 11.2 Å². The van der Waals surface area contributed by atoms with Crippen LogP contribution in [0.3, 0.4) is 0 Å². The Morgan fingerprint density at radius 2 is 1.84 bits per heavy atom. The third-order valence-electron chi connectivity index (χ3n) is 2.92. The van der Waals surface area contributed by atoms with Gasteiger partial charge in [-0.25, -0.2) is 0 Å². The van der Waals surface area contributed by atoms with Gasteiger partial charge in [-0.05, 0) is 41.8 Å². The second-order valence-electron chi connectivity index (χ2n) is 4.32. The first kappa shape index (κ1) is 13.4. The van der Waals surface area contributed by atoms with Gasteiger partial charge in [0.05, 0.1) is 5.92 Å². The zero-order valence-electron chi connectivity index (χ0n) is 10.1. The van der Waals surface area contributed by atoms with Crippen molar-refractivity contribution in [3.05, 3.63) is 64.7 Å². The predicted octanol–water partition coefficient (Wildman–Crippen LogP) is 3.46. The number of phenolic OH excluding ortho intramolecular Hbond substituents is 1. The summed E-state index contributed by atoms with van der Waals surface area (Å²) in [5.41, 5.74) is 1.47. The monoisotopic (exact) mass is 276 g/mol. The Morgan fingerprint density at radius 1 is 1.16 bits per heavy atom. The summed E-state index contributed by atoms with van der Waals surface area (Å²) in [6.45, 7) is 0. The van der Waals surface area contributed by atoms with Crippen molar-refractivity contribution in [2.24, 2.45) is 0 Å². The van der Waals surface area contributed by atoms with E-state index in [-0.39, 0.29) is 5.75 Å². The number of hydrogen-bond donors (Lipinski definition) is 2. The molecule has 98 valence electrons. The number of phenols is 1. The van der Waals surface area contributed by atoms with Gasteiger partial charge >= 0.3 is 5.97 Å². The van der Waals surface area contributed by atoms with E-state index >= 15 is 0 Å². The van der Waals surface area contributed by atoms with E-state index in [4.69, 9.17) is 11.6 Å². The van der Waals surface area contributed by atoms with E-state index in [2.05, 4.69) is 0 Å². The highest BCUT2D eigenvalue weighted by Gasteiger charge is 2.20. The normalized spacial score (nSPS) is 12.1. The Kier molecular flexibility index (Phi) is 4.07. The minimum atomic E-state index is -0.916. The lowest BCUT2D eigenvalue weighted by Gasteiger charge is -2.13. The molecule has 0 saturated heterocycles. The maximum atomic E-state index is 11.4. The molecule has 0 saturated carbocycles. The summed E-state index contributed by atoms with van der Waals surface area (Å²) in [5.74, 6) is -1.53. The van der Waals surface area contributed by atoms with Gasteiger partial charge in [-0.15, -0.1) is 0 Å².